The normalized spacial score (nSPS) is 12.6. The van der Waals surface area contributed by atoms with E-state index in [1.165, 1.54) is 5.56 Å². The fourth-order valence-electron chi connectivity index (χ4n) is 1.78. The first-order chi connectivity index (χ1) is 9.56. The van der Waals surface area contributed by atoms with Gasteiger partial charge in [-0.3, -0.25) is 0 Å². The van der Waals surface area contributed by atoms with Gasteiger partial charge in [0.1, 0.15) is 0 Å². The maximum absolute atomic E-state index is 5.67. The first-order valence-electron chi connectivity index (χ1n) is 6.58. The van der Waals surface area contributed by atoms with Crippen molar-refractivity contribution >= 4 is 17.1 Å². The summed E-state index contributed by atoms with van der Waals surface area (Å²) in [5.41, 5.74) is 11.5. The quantitative estimate of drug-likeness (QED) is 0.512. The van der Waals surface area contributed by atoms with Crippen LogP contribution in [0.4, 0.5) is 5.69 Å². The first-order valence-corrected chi connectivity index (χ1v) is 6.58. The average molecular weight is 265 g/mol. The fourth-order valence-corrected chi connectivity index (χ4v) is 1.78. The Morgan fingerprint density at radius 2 is 1.15 bits per heavy atom. The molecule has 0 fully saturated rings. The molecular formula is C17H19N3. The number of aryl methyl sites for hydroxylation is 1. The number of nitrogens with two attached hydrogens (primary N) is 1. The highest BCUT2D eigenvalue weighted by Gasteiger charge is 1.98. The van der Waals surface area contributed by atoms with Gasteiger partial charge in [-0.25, -0.2) is 0 Å². The highest BCUT2D eigenvalue weighted by molar-refractivity contribution is 6.01. The molecule has 0 saturated carbocycles. The van der Waals surface area contributed by atoms with Crippen molar-refractivity contribution in [3.63, 3.8) is 0 Å². The van der Waals surface area contributed by atoms with Crippen LogP contribution in [0.3, 0.4) is 0 Å². The molecule has 0 bridgehead atoms. The van der Waals surface area contributed by atoms with Crippen molar-refractivity contribution in [2.24, 2.45) is 10.2 Å². The predicted molar refractivity (Wildman–Crippen MR) is 86.5 cm³/mol. The van der Waals surface area contributed by atoms with E-state index in [1.807, 2.05) is 38.1 Å². The van der Waals surface area contributed by atoms with E-state index in [4.69, 9.17) is 5.73 Å². The number of anilines is 1. The largest absolute Gasteiger partial charge is 0.399 e. The van der Waals surface area contributed by atoms with E-state index in [-0.39, 0.29) is 0 Å². The highest BCUT2D eigenvalue weighted by Crippen LogP contribution is 2.08. The smallest absolute Gasteiger partial charge is 0.0671 e. The molecule has 0 spiro atoms. The molecule has 0 amide bonds. The number of hydrogen-bond donors (Lipinski definition) is 1. The van der Waals surface area contributed by atoms with E-state index in [2.05, 4.69) is 41.4 Å². The number of rotatable bonds is 3. The lowest BCUT2D eigenvalue weighted by atomic mass is 10.1. The summed E-state index contributed by atoms with van der Waals surface area (Å²) in [5, 5.41) is 8.58. The van der Waals surface area contributed by atoms with Crippen LogP contribution in [0.2, 0.25) is 0 Å². The van der Waals surface area contributed by atoms with E-state index < -0.39 is 0 Å². The molecule has 0 radical (unpaired) electrons. The lowest BCUT2D eigenvalue weighted by Gasteiger charge is -2.01. The summed E-state index contributed by atoms with van der Waals surface area (Å²) in [6.07, 6.45) is 0. The second kappa shape index (κ2) is 6.15. The zero-order valence-electron chi connectivity index (χ0n) is 12.1. The van der Waals surface area contributed by atoms with Gasteiger partial charge in [-0.2, -0.15) is 10.2 Å². The van der Waals surface area contributed by atoms with Crippen molar-refractivity contribution in [2.45, 2.75) is 20.8 Å². The van der Waals surface area contributed by atoms with Crippen molar-refractivity contribution in [3.05, 3.63) is 65.2 Å². The summed E-state index contributed by atoms with van der Waals surface area (Å²) >= 11 is 0. The predicted octanol–water partition coefficient (Wildman–Crippen LogP) is 3.81. The fraction of sp³-hybridized carbons (Fsp3) is 0.176. The SMILES string of the molecule is C/C(=N\N=C(/C)c1ccc(N)cc1)c1ccc(C)cc1. The molecule has 0 unspecified atom stereocenters. The van der Waals surface area contributed by atoms with Crippen molar-refractivity contribution < 1.29 is 0 Å². The first kappa shape index (κ1) is 14.0. The third-order valence-corrected chi connectivity index (χ3v) is 3.15. The Balaban J connectivity index is 2.19. The van der Waals surface area contributed by atoms with E-state index in [0.29, 0.717) is 0 Å². The van der Waals surface area contributed by atoms with E-state index in [1.54, 1.807) is 0 Å². The Morgan fingerprint density at radius 3 is 1.60 bits per heavy atom. The van der Waals surface area contributed by atoms with Crippen molar-refractivity contribution in [1.82, 2.24) is 0 Å². The van der Waals surface area contributed by atoms with Crippen molar-refractivity contribution in [2.75, 3.05) is 5.73 Å². The van der Waals surface area contributed by atoms with E-state index in [0.717, 1.165) is 28.2 Å². The molecule has 2 rings (SSSR count). The Kier molecular flexibility index (Phi) is 4.31. The minimum absolute atomic E-state index is 0.751. The van der Waals surface area contributed by atoms with Crippen LogP contribution < -0.4 is 5.73 Å². The molecule has 2 aromatic carbocycles. The summed E-state index contributed by atoms with van der Waals surface area (Å²) < 4.78 is 0. The molecule has 20 heavy (non-hydrogen) atoms. The molecular weight excluding hydrogens is 246 g/mol. The van der Waals surface area contributed by atoms with Gasteiger partial charge >= 0.3 is 0 Å². The number of benzene rings is 2. The van der Waals surface area contributed by atoms with Crippen LogP contribution in [0.1, 0.15) is 30.5 Å². The van der Waals surface area contributed by atoms with E-state index in [9.17, 15) is 0 Å². The maximum Gasteiger partial charge on any atom is 0.0671 e. The molecule has 0 aromatic heterocycles. The summed E-state index contributed by atoms with van der Waals surface area (Å²) in [6.45, 7) is 5.97. The van der Waals surface area contributed by atoms with Crippen LogP contribution in [0, 0.1) is 6.92 Å². The van der Waals surface area contributed by atoms with Gasteiger partial charge in [0.15, 0.2) is 0 Å². The van der Waals surface area contributed by atoms with Crippen molar-refractivity contribution in [1.29, 1.82) is 0 Å². The molecule has 3 nitrogen and oxygen atoms in total. The van der Waals surface area contributed by atoms with Gasteiger partial charge in [0.2, 0.25) is 0 Å². The van der Waals surface area contributed by atoms with E-state index >= 15 is 0 Å². The van der Waals surface area contributed by atoms with Gasteiger partial charge < -0.3 is 5.73 Å². The Bertz CT molecular complexity index is 575. The second-order valence-electron chi connectivity index (χ2n) is 4.86. The van der Waals surface area contributed by atoms with Crippen LogP contribution >= 0.6 is 0 Å². The summed E-state index contributed by atoms with van der Waals surface area (Å²) in [7, 11) is 0. The molecule has 0 aliphatic carbocycles. The average Bonchev–Trinajstić information content (AvgIpc) is 2.46. The number of nitrogen functional groups attached to an aromatic ring is 1. The van der Waals surface area contributed by atoms with Gasteiger partial charge in [-0.15, -0.1) is 0 Å². The summed E-state index contributed by atoms with van der Waals surface area (Å²) in [4.78, 5) is 0. The topological polar surface area (TPSA) is 50.7 Å². The van der Waals surface area contributed by atoms with Gasteiger partial charge in [-0.1, -0.05) is 42.0 Å². The Labute approximate surface area is 119 Å². The zero-order chi connectivity index (χ0) is 14.5. The molecule has 102 valence electrons. The Hall–Kier alpha value is -2.42. The molecule has 2 N–H and O–H groups in total. The minimum atomic E-state index is 0.751. The van der Waals surface area contributed by atoms with Gasteiger partial charge in [-0.05, 0) is 44.0 Å². The Morgan fingerprint density at radius 1 is 0.750 bits per heavy atom. The van der Waals surface area contributed by atoms with Crippen LogP contribution in [-0.2, 0) is 0 Å². The third kappa shape index (κ3) is 3.54. The molecule has 0 heterocycles. The van der Waals surface area contributed by atoms with Gasteiger partial charge in [0.25, 0.3) is 0 Å². The van der Waals surface area contributed by atoms with Gasteiger partial charge in [0, 0.05) is 5.69 Å². The van der Waals surface area contributed by atoms with Crippen molar-refractivity contribution in [3.8, 4) is 0 Å². The lowest BCUT2D eigenvalue weighted by molar-refractivity contribution is 1.22. The summed E-state index contributed by atoms with van der Waals surface area (Å²) in [5.74, 6) is 0. The molecule has 2 aromatic rings. The van der Waals surface area contributed by atoms with Gasteiger partial charge in [0.05, 0.1) is 11.4 Å². The van der Waals surface area contributed by atoms with Crippen LogP contribution in [0.25, 0.3) is 0 Å². The minimum Gasteiger partial charge on any atom is -0.399 e. The third-order valence-electron chi connectivity index (χ3n) is 3.15. The molecule has 0 atom stereocenters. The lowest BCUT2D eigenvalue weighted by Crippen LogP contribution is -1.97. The monoisotopic (exact) mass is 265 g/mol. The second-order valence-corrected chi connectivity index (χ2v) is 4.86. The molecule has 3 heteroatoms. The number of hydrogen-bond acceptors (Lipinski definition) is 3. The molecule has 0 aliphatic heterocycles. The van der Waals surface area contributed by atoms with Crippen LogP contribution in [0.15, 0.2) is 58.7 Å². The van der Waals surface area contributed by atoms with Crippen LogP contribution in [-0.4, -0.2) is 11.4 Å². The zero-order valence-corrected chi connectivity index (χ0v) is 12.1. The number of nitrogens with zero attached hydrogens (tertiary/aromatic N) is 2. The molecule has 0 saturated heterocycles. The highest BCUT2D eigenvalue weighted by atomic mass is 15.2. The summed E-state index contributed by atoms with van der Waals surface area (Å²) in [6, 6.07) is 15.9. The molecule has 0 aliphatic rings. The van der Waals surface area contributed by atoms with Crippen LogP contribution in [0.5, 0.6) is 0 Å². The standard InChI is InChI=1S/C17H19N3/c1-12-4-6-15(7-5-12)13(2)19-20-14(3)16-8-10-17(18)11-9-16/h4-11H,18H2,1-3H3/b19-13+,20-14+. The maximum atomic E-state index is 5.67.